The van der Waals surface area contributed by atoms with Gasteiger partial charge in [0.2, 0.25) is 0 Å². The van der Waals surface area contributed by atoms with Crippen molar-refractivity contribution in [3.63, 3.8) is 0 Å². The van der Waals surface area contributed by atoms with Crippen LogP contribution in [0.2, 0.25) is 0 Å². The highest BCUT2D eigenvalue weighted by atomic mass is 127. The smallest absolute Gasteiger partial charge is 0.195 e. The molecule has 0 saturated carbocycles. The molecule has 0 aliphatic carbocycles. The topological polar surface area (TPSA) is 35.0 Å². The van der Waals surface area contributed by atoms with Crippen molar-refractivity contribution in [2.24, 2.45) is 4.99 Å². The second kappa shape index (κ2) is 8.41. The fourth-order valence-corrected chi connectivity index (χ4v) is 2.49. The zero-order chi connectivity index (χ0) is 14.5. The zero-order valence-corrected chi connectivity index (χ0v) is 15.7. The van der Waals surface area contributed by atoms with E-state index in [4.69, 9.17) is 0 Å². The number of hydrogen-bond donors (Lipinski definition) is 0. The molecule has 1 fully saturated rings. The van der Waals surface area contributed by atoms with Gasteiger partial charge in [0.25, 0.3) is 0 Å². The minimum atomic E-state index is 0. The van der Waals surface area contributed by atoms with E-state index in [1.54, 1.807) is 0 Å². The van der Waals surface area contributed by atoms with Crippen molar-refractivity contribution >= 4 is 35.8 Å². The molecule has 118 valence electrons. The third kappa shape index (κ3) is 5.01. The van der Waals surface area contributed by atoms with Gasteiger partial charge in [-0.25, -0.2) is 9.98 Å². The van der Waals surface area contributed by atoms with Crippen LogP contribution in [0.15, 0.2) is 23.3 Å². The van der Waals surface area contributed by atoms with Gasteiger partial charge in [0.05, 0.1) is 6.54 Å². The second-order valence-electron chi connectivity index (χ2n) is 5.62. The number of nitrogens with zero attached hydrogens (tertiary/aromatic N) is 5. The summed E-state index contributed by atoms with van der Waals surface area (Å²) in [5.74, 6) is 2.06. The minimum Gasteiger partial charge on any atom is -0.357 e. The molecule has 0 N–H and O–H groups in total. The molecule has 1 aromatic rings. The molecular weight excluding hydrogens is 377 g/mol. The highest BCUT2D eigenvalue weighted by Crippen LogP contribution is 2.17. The molecule has 0 amide bonds. The average molecular weight is 403 g/mol. The minimum absolute atomic E-state index is 0. The summed E-state index contributed by atoms with van der Waals surface area (Å²) < 4.78 is 0. The lowest BCUT2D eigenvalue weighted by Gasteiger charge is -2.22. The summed E-state index contributed by atoms with van der Waals surface area (Å²) in [7, 11) is 8.03. The first kappa shape index (κ1) is 18.0. The van der Waals surface area contributed by atoms with E-state index in [1.165, 1.54) is 12.8 Å². The maximum atomic E-state index is 4.64. The largest absolute Gasteiger partial charge is 0.357 e. The standard InChI is InChI=1S/C15H25N5.HI/c1-18(2)15(19(3)4)17-12-13-7-8-14(16-11-13)20-9-5-6-10-20;/h7-8,11H,5-6,9-10,12H2,1-4H3;1H. The number of halogens is 1. The van der Waals surface area contributed by atoms with Crippen LogP contribution in [0.25, 0.3) is 0 Å². The molecule has 21 heavy (non-hydrogen) atoms. The summed E-state index contributed by atoms with van der Waals surface area (Å²) in [6, 6.07) is 4.24. The van der Waals surface area contributed by atoms with Crippen molar-refractivity contribution in [2.75, 3.05) is 46.2 Å². The van der Waals surface area contributed by atoms with Crippen molar-refractivity contribution in [2.45, 2.75) is 19.4 Å². The second-order valence-corrected chi connectivity index (χ2v) is 5.62. The molecule has 5 nitrogen and oxygen atoms in total. The molecule has 0 aromatic carbocycles. The number of rotatable bonds is 3. The van der Waals surface area contributed by atoms with Crippen LogP contribution in [0.1, 0.15) is 18.4 Å². The number of guanidine groups is 1. The Morgan fingerprint density at radius 2 is 1.76 bits per heavy atom. The van der Waals surface area contributed by atoms with Gasteiger partial charge in [0.15, 0.2) is 5.96 Å². The average Bonchev–Trinajstić information content (AvgIpc) is 2.92. The highest BCUT2D eigenvalue weighted by molar-refractivity contribution is 14.0. The van der Waals surface area contributed by atoms with Gasteiger partial charge in [-0.15, -0.1) is 24.0 Å². The molecule has 0 radical (unpaired) electrons. The monoisotopic (exact) mass is 403 g/mol. The van der Waals surface area contributed by atoms with Crippen LogP contribution in [0.3, 0.4) is 0 Å². The lowest BCUT2D eigenvalue weighted by Crippen LogP contribution is -2.35. The van der Waals surface area contributed by atoms with E-state index < -0.39 is 0 Å². The zero-order valence-electron chi connectivity index (χ0n) is 13.4. The first-order valence-corrected chi connectivity index (χ1v) is 7.17. The lowest BCUT2D eigenvalue weighted by molar-refractivity contribution is 0.479. The molecule has 1 aliphatic heterocycles. The maximum absolute atomic E-state index is 4.64. The third-order valence-electron chi connectivity index (χ3n) is 3.44. The summed E-state index contributed by atoms with van der Waals surface area (Å²) in [6.07, 6.45) is 4.51. The molecule has 6 heteroatoms. The van der Waals surface area contributed by atoms with E-state index in [1.807, 2.05) is 44.2 Å². The van der Waals surface area contributed by atoms with Gasteiger partial charge in [-0.05, 0) is 24.5 Å². The van der Waals surface area contributed by atoms with E-state index in [-0.39, 0.29) is 24.0 Å². The van der Waals surface area contributed by atoms with Crippen LogP contribution in [0.5, 0.6) is 0 Å². The molecule has 0 unspecified atom stereocenters. The SMILES string of the molecule is CN(C)C(=NCc1ccc(N2CCCC2)nc1)N(C)C.I. The Bertz CT molecular complexity index is 440. The Morgan fingerprint density at radius 3 is 2.24 bits per heavy atom. The normalized spacial score (nSPS) is 13.6. The predicted molar refractivity (Wildman–Crippen MR) is 99.6 cm³/mol. The molecule has 0 atom stereocenters. The van der Waals surface area contributed by atoms with Crippen molar-refractivity contribution in [3.8, 4) is 0 Å². The van der Waals surface area contributed by atoms with Crippen LogP contribution in [0.4, 0.5) is 5.82 Å². The van der Waals surface area contributed by atoms with Gasteiger partial charge in [0.1, 0.15) is 5.82 Å². The molecule has 1 aliphatic rings. The molecule has 1 aromatic heterocycles. The number of aliphatic imine (C=N–C) groups is 1. The molecule has 0 bridgehead atoms. The Hall–Kier alpha value is -1.05. The molecular formula is C15H26IN5. The van der Waals surface area contributed by atoms with Gasteiger partial charge in [-0.1, -0.05) is 6.07 Å². The van der Waals surface area contributed by atoms with Crippen molar-refractivity contribution in [3.05, 3.63) is 23.9 Å². The fraction of sp³-hybridized carbons (Fsp3) is 0.600. The summed E-state index contributed by atoms with van der Waals surface area (Å²) in [4.78, 5) is 15.6. The van der Waals surface area contributed by atoms with E-state index in [9.17, 15) is 0 Å². The van der Waals surface area contributed by atoms with Gasteiger partial charge < -0.3 is 14.7 Å². The Morgan fingerprint density at radius 1 is 1.14 bits per heavy atom. The number of anilines is 1. The highest BCUT2D eigenvalue weighted by Gasteiger charge is 2.12. The predicted octanol–water partition coefficient (Wildman–Crippen LogP) is 2.28. The van der Waals surface area contributed by atoms with Crippen LogP contribution in [0, 0.1) is 0 Å². The maximum Gasteiger partial charge on any atom is 0.195 e. The van der Waals surface area contributed by atoms with Crippen LogP contribution in [-0.2, 0) is 6.54 Å². The Kier molecular flexibility index (Phi) is 7.21. The van der Waals surface area contributed by atoms with Crippen molar-refractivity contribution < 1.29 is 0 Å². The van der Waals surface area contributed by atoms with Crippen LogP contribution < -0.4 is 4.90 Å². The van der Waals surface area contributed by atoms with Gasteiger partial charge >= 0.3 is 0 Å². The summed E-state index contributed by atoms with van der Waals surface area (Å²) in [6.45, 7) is 2.94. The molecule has 2 rings (SSSR count). The third-order valence-corrected chi connectivity index (χ3v) is 3.44. The summed E-state index contributed by atoms with van der Waals surface area (Å²) >= 11 is 0. The van der Waals surface area contributed by atoms with Crippen molar-refractivity contribution in [1.29, 1.82) is 0 Å². The van der Waals surface area contributed by atoms with Gasteiger partial charge in [-0.2, -0.15) is 0 Å². The van der Waals surface area contributed by atoms with E-state index in [0.29, 0.717) is 6.54 Å². The van der Waals surface area contributed by atoms with Crippen LogP contribution in [-0.4, -0.2) is 62.0 Å². The van der Waals surface area contributed by atoms with E-state index in [2.05, 4.69) is 27.0 Å². The molecule has 0 spiro atoms. The summed E-state index contributed by atoms with van der Waals surface area (Å²) in [5, 5.41) is 0. The first-order chi connectivity index (χ1) is 9.58. The number of aromatic nitrogens is 1. The molecule has 2 heterocycles. The fourth-order valence-electron chi connectivity index (χ4n) is 2.49. The van der Waals surface area contributed by atoms with Gasteiger partial charge in [-0.3, -0.25) is 0 Å². The summed E-state index contributed by atoms with van der Waals surface area (Å²) in [5.41, 5.74) is 1.15. The van der Waals surface area contributed by atoms with E-state index in [0.717, 1.165) is 30.4 Å². The first-order valence-electron chi connectivity index (χ1n) is 7.17. The van der Waals surface area contributed by atoms with Crippen molar-refractivity contribution in [1.82, 2.24) is 14.8 Å². The van der Waals surface area contributed by atoms with Crippen LogP contribution >= 0.6 is 24.0 Å². The van der Waals surface area contributed by atoms with E-state index >= 15 is 0 Å². The Balaban J connectivity index is 0.00000220. The Labute approximate surface area is 145 Å². The van der Waals surface area contributed by atoms with Gasteiger partial charge in [0, 0.05) is 47.5 Å². The molecule has 1 saturated heterocycles. The number of hydrogen-bond acceptors (Lipinski definition) is 3. The quantitative estimate of drug-likeness (QED) is 0.441. The number of pyridine rings is 1. The lowest BCUT2D eigenvalue weighted by atomic mass is 10.3.